The van der Waals surface area contributed by atoms with Crippen molar-refractivity contribution >= 4 is 0 Å². The van der Waals surface area contributed by atoms with Crippen molar-refractivity contribution in [2.24, 2.45) is 5.73 Å². The Kier molecular flexibility index (Phi) is 5.62. The topological polar surface area (TPSA) is 58.3 Å². The fourth-order valence-electron chi connectivity index (χ4n) is 2.02. The summed E-state index contributed by atoms with van der Waals surface area (Å²) < 4.78 is 0. The molecule has 1 aromatic carbocycles. The second-order valence-electron chi connectivity index (χ2n) is 4.85. The van der Waals surface area contributed by atoms with Crippen LogP contribution >= 0.6 is 0 Å². The lowest BCUT2D eigenvalue weighted by atomic mass is 10.0. The summed E-state index contributed by atoms with van der Waals surface area (Å²) in [6, 6.07) is 8.82. The quantitative estimate of drug-likeness (QED) is 0.705. The van der Waals surface area contributed by atoms with Gasteiger partial charge in [0, 0.05) is 18.6 Å². The van der Waals surface area contributed by atoms with E-state index in [-0.39, 0.29) is 18.2 Å². The lowest BCUT2D eigenvalue weighted by molar-refractivity contribution is 0.168. The molecule has 3 unspecified atom stereocenters. The van der Waals surface area contributed by atoms with Crippen molar-refractivity contribution in [3.05, 3.63) is 35.4 Å². The Labute approximate surface area is 104 Å². The molecule has 3 atom stereocenters. The number of benzene rings is 1. The highest BCUT2D eigenvalue weighted by Crippen LogP contribution is 2.14. The van der Waals surface area contributed by atoms with Crippen LogP contribution in [0, 0.1) is 6.92 Å². The summed E-state index contributed by atoms with van der Waals surface area (Å²) in [4.78, 5) is 0. The van der Waals surface area contributed by atoms with Gasteiger partial charge in [0.2, 0.25) is 0 Å². The summed E-state index contributed by atoms with van der Waals surface area (Å²) >= 11 is 0. The first-order valence-electron chi connectivity index (χ1n) is 6.23. The third kappa shape index (κ3) is 4.86. The molecule has 0 aromatic heterocycles. The molecule has 0 spiro atoms. The van der Waals surface area contributed by atoms with Crippen molar-refractivity contribution < 1.29 is 5.11 Å². The Morgan fingerprint density at radius 2 is 1.82 bits per heavy atom. The van der Waals surface area contributed by atoms with Crippen LogP contribution in [-0.2, 0) is 0 Å². The fourth-order valence-corrected chi connectivity index (χ4v) is 2.02. The average Bonchev–Trinajstić information content (AvgIpc) is 2.26. The summed E-state index contributed by atoms with van der Waals surface area (Å²) in [7, 11) is 0. The average molecular weight is 236 g/mol. The van der Waals surface area contributed by atoms with Crippen molar-refractivity contribution in [1.29, 1.82) is 0 Å². The minimum absolute atomic E-state index is 0.157. The molecule has 96 valence electrons. The van der Waals surface area contributed by atoms with Crippen LogP contribution in [0.15, 0.2) is 24.3 Å². The van der Waals surface area contributed by atoms with E-state index in [1.54, 1.807) is 0 Å². The normalized spacial score (nSPS) is 16.5. The Bertz CT molecular complexity index is 321. The highest BCUT2D eigenvalue weighted by atomic mass is 16.3. The van der Waals surface area contributed by atoms with E-state index in [0.717, 1.165) is 6.42 Å². The molecule has 0 aliphatic rings. The number of rotatable bonds is 6. The van der Waals surface area contributed by atoms with Crippen LogP contribution in [-0.4, -0.2) is 23.8 Å². The van der Waals surface area contributed by atoms with E-state index in [1.807, 2.05) is 6.92 Å². The van der Waals surface area contributed by atoms with Gasteiger partial charge in [-0.15, -0.1) is 0 Å². The molecule has 3 heteroatoms. The number of nitrogens with one attached hydrogen (secondary N) is 1. The van der Waals surface area contributed by atoms with Gasteiger partial charge < -0.3 is 16.2 Å². The summed E-state index contributed by atoms with van der Waals surface area (Å²) in [5.74, 6) is 0. The lowest BCUT2D eigenvalue weighted by Crippen LogP contribution is -2.36. The van der Waals surface area contributed by atoms with Crippen LogP contribution < -0.4 is 11.1 Å². The largest absolute Gasteiger partial charge is 0.393 e. The first-order valence-corrected chi connectivity index (χ1v) is 6.23. The van der Waals surface area contributed by atoms with Gasteiger partial charge in [-0.3, -0.25) is 0 Å². The van der Waals surface area contributed by atoms with E-state index < -0.39 is 0 Å². The van der Waals surface area contributed by atoms with Gasteiger partial charge in [-0.05, 0) is 32.8 Å². The molecule has 0 amide bonds. The number of aliphatic hydroxyl groups is 1. The molecule has 0 radical (unpaired) electrons. The van der Waals surface area contributed by atoms with Gasteiger partial charge in [-0.25, -0.2) is 0 Å². The maximum absolute atomic E-state index is 9.34. The Morgan fingerprint density at radius 3 is 2.29 bits per heavy atom. The molecule has 1 aromatic rings. The second-order valence-corrected chi connectivity index (χ2v) is 4.85. The van der Waals surface area contributed by atoms with Crippen LogP contribution in [0.3, 0.4) is 0 Å². The number of hydrogen-bond donors (Lipinski definition) is 3. The van der Waals surface area contributed by atoms with Crippen LogP contribution in [0.1, 0.15) is 37.4 Å². The second kappa shape index (κ2) is 6.74. The SMILES string of the molecule is Cc1ccc(C(CN)NC(C)CC(C)O)cc1. The minimum Gasteiger partial charge on any atom is -0.393 e. The van der Waals surface area contributed by atoms with Gasteiger partial charge in [-0.2, -0.15) is 0 Å². The fraction of sp³-hybridized carbons (Fsp3) is 0.571. The van der Waals surface area contributed by atoms with Gasteiger partial charge in [0.25, 0.3) is 0 Å². The molecule has 0 heterocycles. The third-order valence-electron chi connectivity index (χ3n) is 2.90. The molecule has 0 aliphatic carbocycles. The van der Waals surface area contributed by atoms with E-state index in [9.17, 15) is 5.11 Å². The monoisotopic (exact) mass is 236 g/mol. The molecule has 4 N–H and O–H groups in total. The van der Waals surface area contributed by atoms with Crippen molar-refractivity contribution in [2.75, 3.05) is 6.54 Å². The van der Waals surface area contributed by atoms with Crippen molar-refractivity contribution in [1.82, 2.24) is 5.32 Å². The zero-order valence-corrected chi connectivity index (χ0v) is 11.0. The van der Waals surface area contributed by atoms with Gasteiger partial charge in [0.05, 0.1) is 6.10 Å². The molecule has 17 heavy (non-hydrogen) atoms. The molecule has 0 saturated carbocycles. The predicted octanol–water partition coefficient (Wildman–Crippen LogP) is 1.74. The van der Waals surface area contributed by atoms with Crippen LogP contribution in [0.4, 0.5) is 0 Å². The van der Waals surface area contributed by atoms with Crippen LogP contribution in [0.5, 0.6) is 0 Å². The summed E-state index contributed by atoms with van der Waals surface area (Å²) in [5.41, 5.74) is 8.25. The van der Waals surface area contributed by atoms with Crippen molar-refractivity contribution in [3.63, 3.8) is 0 Å². The number of nitrogens with two attached hydrogens (primary N) is 1. The van der Waals surface area contributed by atoms with Gasteiger partial charge in [0.15, 0.2) is 0 Å². The molecule has 0 fully saturated rings. The lowest BCUT2D eigenvalue weighted by Gasteiger charge is -2.23. The minimum atomic E-state index is -0.283. The van der Waals surface area contributed by atoms with Crippen molar-refractivity contribution in [3.8, 4) is 0 Å². The number of aryl methyl sites for hydroxylation is 1. The molecule has 0 aliphatic heterocycles. The van der Waals surface area contributed by atoms with Gasteiger partial charge in [0.1, 0.15) is 0 Å². The molecule has 3 nitrogen and oxygen atoms in total. The van der Waals surface area contributed by atoms with E-state index in [0.29, 0.717) is 6.54 Å². The van der Waals surface area contributed by atoms with Crippen LogP contribution in [0.25, 0.3) is 0 Å². The Balaban J connectivity index is 2.62. The van der Waals surface area contributed by atoms with E-state index in [2.05, 4.69) is 43.4 Å². The summed E-state index contributed by atoms with van der Waals surface area (Å²) in [6.07, 6.45) is 0.455. The predicted molar refractivity (Wildman–Crippen MR) is 71.9 cm³/mol. The van der Waals surface area contributed by atoms with E-state index in [4.69, 9.17) is 5.73 Å². The molecule has 0 saturated heterocycles. The first-order chi connectivity index (χ1) is 8.02. The number of aliphatic hydroxyl groups excluding tert-OH is 1. The molecule has 1 rings (SSSR count). The zero-order chi connectivity index (χ0) is 12.8. The highest BCUT2D eigenvalue weighted by Gasteiger charge is 2.13. The first kappa shape index (κ1) is 14.2. The maximum atomic E-state index is 9.34. The zero-order valence-electron chi connectivity index (χ0n) is 11.0. The summed E-state index contributed by atoms with van der Waals surface area (Å²) in [5, 5.41) is 12.8. The standard InChI is InChI=1S/C14H24N2O/c1-10-4-6-13(7-5-10)14(9-15)16-11(2)8-12(3)17/h4-7,11-12,14,16-17H,8-9,15H2,1-3H3. The highest BCUT2D eigenvalue weighted by molar-refractivity contribution is 5.24. The Hall–Kier alpha value is -0.900. The third-order valence-corrected chi connectivity index (χ3v) is 2.90. The molecular weight excluding hydrogens is 212 g/mol. The smallest absolute Gasteiger partial charge is 0.0526 e. The molecular formula is C14H24N2O. The van der Waals surface area contributed by atoms with E-state index >= 15 is 0 Å². The van der Waals surface area contributed by atoms with Gasteiger partial charge in [-0.1, -0.05) is 29.8 Å². The van der Waals surface area contributed by atoms with Gasteiger partial charge >= 0.3 is 0 Å². The van der Waals surface area contributed by atoms with Crippen molar-refractivity contribution in [2.45, 2.75) is 45.4 Å². The van der Waals surface area contributed by atoms with Crippen LogP contribution in [0.2, 0.25) is 0 Å². The van der Waals surface area contributed by atoms with E-state index in [1.165, 1.54) is 11.1 Å². The molecule has 0 bridgehead atoms. The maximum Gasteiger partial charge on any atom is 0.0526 e. The summed E-state index contributed by atoms with van der Waals surface area (Å²) in [6.45, 7) is 6.52. The Morgan fingerprint density at radius 1 is 1.24 bits per heavy atom. The number of hydrogen-bond acceptors (Lipinski definition) is 3.